The van der Waals surface area contributed by atoms with Gasteiger partial charge in [0.2, 0.25) is 11.9 Å². The van der Waals surface area contributed by atoms with E-state index in [-0.39, 0.29) is 59.8 Å². The van der Waals surface area contributed by atoms with E-state index in [1.165, 1.54) is 24.3 Å². The van der Waals surface area contributed by atoms with Gasteiger partial charge in [-0.2, -0.15) is 4.98 Å². The molecule has 5 rings (SSSR count). The van der Waals surface area contributed by atoms with Crippen LogP contribution in [-0.4, -0.2) is 58.1 Å². The Kier molecular flexibility index (Phi) is 11.3. The van der Waals surface area contributed by atoms with E-state index in [9.17, 15) is 19.2 Å². The molecule has 252 valence electrons. The molecule has 1 aliphatic carbocycles. The molecule has 2 atom stereocenters. The second kappa shape index (κ2) is 16.1. The zero-order valence-corrected chi connectivity index (χ0v) is 27.0. The van der Waals surface area contributed by atoms with Crippen molar-refractivity contribution in [3.05, 3.63) is 119 Å². The van der Waals surface area contributed by atoms with Crippen LogP contribution >= 0.6 is 0 Å². The lowest BCUT2D eigenvalue weighted by molar-refractivity contribution is -0.117. The van der Waals surface area contributed by atoms with Crippen LogP contribution < -0.4 is 21.3 Å². The molecule has 0 spiro atoms. The molecule has 1 heterocycles. The number of nitrogens with one attached hydrogen (secondary N) is 2. The Balaban J connectivity index is 1.40. The molecule has 1 aliphatic rings. The average Bonchev–Trinajstić information content (AvgIpc) is 3.13. The Labute approximate surface area is 283 Å². The van der Waals surface area contributed by atoms with Crippen LogP contribution in [0.2, 0.25) is 0 Å². The molecule has 13 nitrogen and oxygen atoms in total. The lowest BCUT2D eigenvalue weighted by Crippen LogP contribution is -2.45. The Bertz CT molecular complexity index is 1820. The minimum absolute atomic E-state index is 0.000299. The number of ether oxygens (including phenoxy) is 2. The number of rotatable bonds is 13. The van der Waals surface area contributed by atoms with Gasteiger partial charge < -0.3 is 30.7 Å². The fourth-order valence-electron chi connectivity index (χ4n) is 5.50. The van der Waals surface area contributed by atoms with Crippen molar-refractivity contribution in [2.75, 3.05) is 17.3 Å². The van der Waals surface area contributed by atoms with Crippen LogP contribution in [-0.2, 0) is 27.5 Å². The van der Waals surface area contributed by atoms with Crippen molar-refractivity contribution in [1.82, 2.24) is 20.5 Å². The lowest BCUT2D eigenvalue weighted by Gasteiger charge is -2.35. The third-order valence-electron chi connectivity index (χ3n) is 8.10. The maximum Gasteiger partial charge on any atom is 0.339 e. The molecule has 4 N–H and O–H groups in total. The Morgan fingerprint density at radius 2 is 1.53 bits per heavy atom. The lowest BCUT2D eigenvalue weighted by atomic mass is 9.90. The number of anilines is 3. The van der Waals surface area contributed by atoms with Crippen molar-refractivity contribution in [3.8, 4) is 0 Å². The quantitative estimate of drug-likeness (QED) is 0.136. The minimum atomic E-state index is -0.870. The standard InChI is InChI=1S/C36H37N7O6/c1-3-30(44)38-25-15-10-16-27(19-25)43(2)36-40-33(31(32(37)45)41-42-36)39-26-17-18-28(34(46)48-21-23-11-6-4-7-12-23)29(20-26)35(47)49-22-24-13-8-5-9-14-24/h3-9,11-14,17-18,20,25,27H,1,10,15-16,19,21-22H2,2H3,(H2,37,45)(H,38,44)(H,39,40,42)/t25?,27-/m1/s1. The van der Waals surface area contributed by atoms with Gasteiger partial charge in [-0.05, 0) is 61.1 Å². The first kappa shape index (κ1) is 34.2. The van der Waals surface area contributed by atoms with Gasteiger partial charge in [0.1, 0.15) is 13.2 Å². The number of primary amides is 1. The number of carbonyl (C=O) groups is 4. The number of nitrogens with two attached hydrogens (primary N) is 1. The molecule has 13 heteroatoms. The highest BCUT2D eigenvalue weighted by Gasteiger charge is 2.28. The maximum absolute atomic E-state index is 13.4. The highest BCUT2D eigenvalue weighted by atomic mass is 16.5. The summed E-state index contributed by atoms with van der Waals surface area (Å²) in [6.07, 6.45) is 4.43. The Morgan fingerprint density at radius 1 is 0.898 bits per heavy atom. The van der Waals surface area contributed by atoms with E-state index in [1.54, 1.807) is 0 Å². The van der Waals surface area contributed by atoms with E-state index in [4.69, 9.17) is 15.2 Å². The molecule has 2 amide bonds. The van der Waals surface area contributed by atoms with Gasteiger partial charge in [-0.25, -0.2) is 9.59 Å². The summed E-state index contributed by atoms with van der Waals surface area (Å²) in [4.78, 5) is 57.3. The van der Waals surface area contributed by atoms with Crippen molar-refractivity contribution < 1.29 is 28.7 Å². The van der Waals surface area contributed by atoms with Gasteiger partial charge in [-0.1, -0.05) is 67.2 Å². The van der Waals surface area contributed by atoms with Crippen LogP contribution in [0, 0.1) is 0 Å². The fraction of sp³-hybridized carbons (Fsp3) is 0.250. The third kappa shape index (κ3) is 9.04. The molecule has 3 aromatic carbocycles. The van der Waals surface area contributed by atoms with Gasteiger partial charge in [-0.3, -0.25) is 9.59 Å². The highest BCUT2D eigenvalue weighted by Crippen LogP contribution is 2.27. The summed E-state index contributed by atoms with van der Waals surface area (Å²) in [5.74, 6) is -2.36. The van der Waals surface area contributed by atoms with Gasteiger partial charge in [0.05, 0.1) is 11.1 Å². The molecule has 0 aliphatic heterocycles. The van der Waals surface area contributed by atoms with Gasteiger partial charge >= 0.3 is 11.9 Å². The summed E-state index contributed by atoms with van der Waals surface area (Å²) in [7, 11) is 1.81. The molecule has 0 saturated heterocycles. The normalized spacial score (nSPS) is 15.4. The van der Waals surface area contributed by atoms with Crippen LogP contribution in [0.1, 0.15) is 68.0 Å². The molecular weight excluding hydrogens is 626 g/mol. The molecule has 1 unspecified atom stereocenters. The van der Waals surface area contributed by atoms with Crippen LogP contribution in [0.4, 0.5) is 17.5 Å². The monoisotopic (exact) mass is 663 g/mol. The number of hydrogen-bond acceptors (Lipinski definition) is 11. The number of amides is 2. The largest absolute Gasteiger partial charge is 0.457 e. The van der Waals surface area contributed by atoms with Crippen molar-refractivity contribution in [2.45, 2.75) is 51.0 Å². The average molecular weight is 664 g/mol. The number of benzene rings is 3. The highest BCUT2D eigenvalue weighted by molar-refractivity contribution is 6.04. The summed E-state index contributed by atoms with van der Waals surface area (Å²) >= 11 is 0. The summed E-state index contributed by atoms with van der Waals surface area (Å²) in [5, 5.41) is 14.2. The summed E-state index contributed by atoms with van der Waals surface area (Å²) < 4.78 is 11.1. The van der Waals surface area contributed by atoms with Crippen LogP contribution in [0.25, 0.3) is 0 Å². The van der Waals surface area contributed by atoms with Gasteiger partial charge in [0.15, 0.2) is 11.5 Å². The number of nitrogens with zero attached hydrogens (tertiary/aromatic N) is 4. The third-order valence-corrected chi connectivity index (χ3v) is 8.10. The number of carbonyl (C=O) groups excluding carboxylic acids is 4. The van der Waals surface area contributed by atoms with E-state index < -0.39 is 17.8 Å². The summed E-state index contributed by atoms with van der Waals surface area (Å²) in [6.45, 7) is 3.50. The van der Waals surface area contributed by atoms with Gasteiger partial charge in [0.25, 0.3) is 5.91 Å². The number of aromatic nitrogens is 3. The number of esters is 2. The van der Waals surface area contributed by atoms with Crippen molar-refractivity contribution in [2.24, 2.45) is 5.73 Å². The Hall–Kier alpha value is -6.11. The molecule has 1 saturated carbocycles. The van der Waals surface area contributed by atoms with E-state index in [2.05, 4.69) is 32.4 Å². The topological polar surface area (TPSA) is 179 Å². The zero-order valence-electron chi connectivity index (χ0n) is 27.0. The first-order valence-electron chi connectivity index (χ1n) is 15.7. The molecule has 49 heavy (non-hydrogen) atoms. The molecule has 4 aromatic rings. The van der Waals surface area contributed by atoms with E-state index in [0.29, 0.717) is 12.1 Å². The van der Waals surface area contributed by atoms with Crippen LogP contribution in [0.5, 0.6) is 0 Å². The first-order valence-corrected chi connectivity index (χ1v) is 15.7. The molecule has 1 fully saturated rings. The Morgan fingerprint density at radius 3 is 2.14 bits per heavy atom. The zero-order chi connectivity index (χ0) is 34.8. The van der Waals surface area contributed by atoms with E-state index >= 15 is 0 Å². The predicted molar refractivity (Wildman–Crippen MR) is 182 cm³/mol. The first-order chi connectivity index (χ1) is 23.7. The smallest absolute Gasteiger partial charge is 0.339 e. The van der Waals surface area contributed by atoms with Crippen LogP contribution in [0.3, 0.4) is 0 Å². The maximum atomic E-state index is 13.4. The van der Waals surface area contributed by atoms with Gasteiger partial charge in [-0.15, -0.1) is 10.2 Å². The molecule has 0 bridgehead atoms. The van der Waals surface area contributed by atoms with Gasteiger partial charge in [0, 0.05) is 24.8 Å². The predicted octanol–water partition coefficient (Wildman–Crippen LogP) is 4.48. The van der Waals surface area contributed by atoms with E-state index in [0.717, 1.165) is 30.4 Å². The van der Waals surface area contributed by atoms with Crippen molar-refractivity contribution in [1.29, 1.82) is 0 Å². The molecule has 1 aromatic heterocycles. The summed E-state index contributed by atoms with van der Waals surface area (Å²) in [5.41, 5.74) is 7.16. The minimum Gasteiger partial charge on any atom is -0.457 e. The van der Waals surface area contributed by atoms with Crippen molar-refractivity contribution in [3.63, 3.8) is 0 Å². The second-order valence-electron chi connectivity index (χ2n) is 11.5. The molecular formula is C36H37N7O6. The number of hydrogen-bond donors (Lipinski definition) is 3. The summed E-state index contributed by atoms with van der Waals surface area (Å²) in [6, 6.07) is 22.6. The SMILES string of the molecule is C=CC(=O)NC1CCC[C@@H](N(C)c2nnc(C(N)=O)c(Nc3ccc(C(=O)OCc4ccccc4)c(C(=O)OCc4ccccc4)c3)n2)C1. The fourth-order valence-corrected chi connectivity index (χ4v) is 5.50. The van der Waals surface area contributed by atoms with Crippen molar-refractivity contribution >= 4 is 41.2 Å². The van der Waals surface area contributed by atoms with Crippen LogP contribution in [0.15, 0.2) is 91.5 Å². The molecule has 0 radical (unpaired) electrons. The second-order valence-corrected chi connectivity index (χ2v) is 11.5. The van der Waals surface area contributed by atoms with E-state index in [1.807, 2.05) is 72.6 Å².